The molecule has 0 aliphatic heterocycles. The van der Waals surface area contributed by atoms with E-state index in [1.165, 1.54) is 13.2 Å². The molecule has 0 spiro atoms. The number of H-pyrrole nitrogens is 1. The molecule has 0 aliphatic rings. The first kappa shape index (κ1) is 20.4. The van der Waals surface area contributed by atoms with Crippen molar-refractivity contribution in [1.82, 2.24) is 14.9 Å². The molecule has 3 aromatic rings. The maximum atomic E-state index is 12.7. The first-order valence-electron chi connectivity index (χ1n) is 7.97. The number of rotatable bonds is 6. The first-order valence-corrected chi connectivity index (χ1v) is 10.3. The second-order valence-electron chi connectivity index (χ2n) is 5.83. The molecule has 0 radical (unpaired) electrons. The van der Waals surface area contributed by atoms with E-state index in [1.54, 1.807) is 31.2 Å². The van der Waals surface area contributed by atoms with Crippen molar-refractivity contribution in [1.29, 1.82) is 0 Å². The molecule has 2 N–H and O–H groups in total. The minimum absolute atomic E-state index is 0.000966. The van der Waals surface area contributed by atoms with E-state index in [9.17, 15) is 21.6 Å². The second kappa shape index (κ2) is 7.57. The van der Waals surface area contributed by atoms with Gasteiger partial charge in [0.2, 0.25) is 10.0 Å². The van der Waals surface area contributed by atoms with Crippen LogP contribution in [0.4, 0.5) is 13.2 Å². The largest absolute Gasteiger partial charge is 0.496 e. The summed E-state index contributed by atoms with van der Waals surface area (Å²) < 4.78 is 71.2. The number of sulfonamides is 1. The lowest BCUT2D eigenvalue weighted by Crippen LogP contribution is -2.23. The van der Waals surface area contributed by atoms with Gasteiger partial charge >= 0.3 is 6.18 Å². The number of aromatic amines is 1. The van der Waals surface area contributed by atoms with E-state index in [2.05, 4.69) is 9.82 Å². The summed E-state index contributed by atoms with van der Waals surface area (Å²) in [5, 5.41) is 5.56. The Kier molecular flexibility index (Phi) is 5.50. The highest BCUT2D eigenvalue weighted by atomic mass is 32.2. The van der Waals surface area contributed by atoms with Crippen LogP contribution in [-0.2, 0) is 22.7 Å². The molecule has 3 rings (SSSR count). The van der Waals surface area contributed by atoms with Gasteiger partial charge in [0.25, 0.3) is 0 Å². The highest BCUT2D eigenvalue weighted by molar-refractivity contribution is 7.89. The Morgan fingerprint density at radius 3 is 2.61 bits per heavy atom. The molecule has 0 amide bonds. The van der Waals surface area contributed by atoms with E-state index < -0.39 is 21.9 Å². The van der Waals surface area contributed by atoms with Crippen LogP contribution in [0.3, 0.4) is 0 Å². The predicted molar refractivity (Wildman–Crippen MR) is 98.7 cm³/mol. The van der Waals surface area contributed by atoms with Crippen LogP contribution < -0.4 is 9.46 Å². The molecule has 0 atom stereocenters. The van der Waals surface area contributed by atoms with E-state index in [0.717, 1.165) is 17.4 Å². The zero-order valence-corrected chi connectivity index (χ0v) is 16.4. The molecule has 0 saturated carbocycles. The summed E-state index contributed by atoms with van der Waals surface area (Å²) in [4.78, 5) is 0.764. The summed E-state index contributed by atoms with van der Waals surface area (Å²) in [7, 11) is -2.39. The third kappa shape index (κ3) is 4.21. The highest BCUT2D eigenvalue weighted by Gasteiger charge is 2.33. The second-order valence-corrected chi connectivity index (χ2v) is 8.82. The van der Waals surface area contributed by atoms with Crippen molar-refractivity contribution >= 4 is 21.4 Å². The fourth-order valence-electron chi connectivity index (χ4n) is 2.55. The number of methoxy groups -OCH3 is 1. The molecular formula is C17H16F3N3O3S2. The van der Waals surface area contributed by atoms with Crippen LogP contribution in [0.5, 0.6) is 5.75 Å². The molecule has 0 unspecified atom stereocenters. The van der Waals surface area contributed by atoms with Gasteiger partial charge in [0.05, 0.1) is 16.9 Å². The summed E-state index contributed by atoms with van der Waals surface area (Å²) in [6.07, 6.45) is -4.55. The zero-order chi connectivity index (χ0) is 20.5. The SMILES string of the molecule is COc1ccccc1CNS(=O)(=O)c1cc(-c2cc(C(F)(F)F)[nH]n2)sc1C. The number of hydrogen-bond acceptors (Lipinski definition) is 5. The molecule has 150 valence electrons. The Morgan fingerprint density at radius 2 is 1.96 bits per heavy atom. The van der Waals surface area contributed by atoms with E-state index in [1.807, 2.05) is 5.10 Å². The van der Waals surface area contributed by atoms with Crippen LogP contribution in [0.2, 0.25) is 0 Å². The topological polar surface area (TPSA) is 84.1 Å². The van der Waals surface area contributed by atoms with Crippen LogP contribution >= 0.6 is 11.3 Å². The van der Waals surface area contributed by atoms with Crippen LogP contribution in [0, 0.1) is 6.92 Å². The number of nitrogens with zero attached hydrogens (tertiary/aromatic N) is 1. The molecule has 0 fully saturated rings. The lowest BCUT2D eigenvalue weighted by atomic mass is 10.2. The van der Waals surface area contributed by atoms with E-state index in [4.69, 9.17) is 4.74 Å². The third-order valence-electron chi connectivity index (χ3n) is 3.94. The van der Waals surface area contributed by atoms with Gasteiger partial charge in [-0.25, -0.2) is 13.1 Å². The number of alkyl halides is 3. The number of aryl methyl sites for hydroxylation is 1. The van der Waals surface area contributed by atoms with Crippen molar-refractivity contribution in [2.24, 2.45) is 0 Å². The number of nitrogens with one attached hydrogen (secondary N) is 2. The fourth-order valence-corrected chi connectivity index (χ4v) is 5.11. The Hall–Kier alpha value is -2.37. The smallest absolute Gasteiger partial charge is 0.432 e. The molecule has 0 aliphatic carbocycles. The number of halogens is 3. The molecule has 0 bridgehead atoms. The Labute approximate surface area is 163 Å². The average Bonchev–Trinajstić information content (AvgIpc) is 3.27. The number of aromatic nitrogens is 2. The summed E-state index contributed by atoms with van der Waals surface area (Å²) >= 11 is 1.05. The maximum Gasteiger partial charge on any atom is 0.432 e. The van der Waals surface area contributed by atoms with Gasteiger partial charge in [-0.3, -0.25) is 5.10 Å². The zero-order valence-electron chi connectivity index (χ0n) is 14.8. The average molecular weight is 431 g/mol. The lowest BCUT2D eigenvalue weighted by Gasteiger charge is -2.10. The first-order chi connectivity index (χ1) is 13.1. The van der Waals surface area contributed by atoms with Crippen molar-refractivity contribution in [3.8, 4) is 16.3 Å². The summed E-state index contributed by atoms with van der Waals surface area (Å²) in [5.41, 5.74) is -0.303. The number of hydrogen-bond donors (Lipinski definition) is 2. The molecule has 11 heteroatoms. The maximum absolute atomic E-state index is 12.7. The van der Waals surface area contributed by atoms with Crippen molar-refractivity contribution in [3.63, 3.8) is 0 Å². The van der Waals surface area contributed by atoms with Gasteiger partial charge in [-0.15, -0.1) is 11.3 Å². The van der Waals surface area contributed by atoms with Gasteiger partial charge < -0.3 is 4.74 Å². The normalized spacial score (nSPS) is 12.3. The minimum Gasteiger partial charge on any atom is -0.496 e. The number of benzene rings is 1. The molecular weight excluding hydrogens is 415 g/mol. The fraction of sp³-hybridized carbons (Fsp3) is 0.235. The molecule has 6 nitrogen and oxygen atoms in total. The van der Waals surface area contributed by atoms with E-state index in [-0.39, 0.29) is 17.1 Å². The monoisotopic (exact) mass is 431 g/mol. The van der Waals surface area contributed by atoms with Crippen LogP contribution in [0.15, 0.2) is 41.3 Å². The Bertz CT molecular complexity index is 1090. The molecule has 2 aromatic heterocycles. The Morgan fingerprint density at radius 1 is 1.25 bits per heavy atom. The van der Waals surface area contributed by atoms with Crippen molar-refractivity contribution in [3.05, 3.63) is 52.5 Å². The highest BCUT2D eigenvalue weighted by Crippen LogP contribution is 2.35. The van der Waals surface area contributed by atoms with Gasteiger partial charge in [0.15, 0.2) is 0 Å². The predicted octanol–water partition coefficient (Wildman–Crippen LogP) is 3.95. The van der Waals surface area contributed by atoms with E-state index >= 15 is 0 Å². The number of thiophene rings is 1. The molecule has 1 aromatic carbocycles. The molecule has 0 saturated heterocycles. The summed E-state index contributed by atoms with van der Waals surface area (Å²) in [6, 6.07) is 9.15. The number of ether oxygens (including phenoxy) is 1. The Balaban J connectivity index is 1.84. The molecule has 2 heterocycles. The van der Waals surface area contributed by atoms with Crippen LogP contribution in [0.1, 0.15) is 16.1 Å². The van der Waals surface area contributed by atoms with Crippen molar-refractivity contribution < 1.29 is 26.3 Å². The van der Waals surface area contributed by atoms with Crippen LogP contribution in [0.25, 0.3) is 10.6 Å². The standard InChI is InChI=1S/C17H16F3N3O3S2/c1-10-15(8-14(27-10)12-7-16(23-22-12)17(18,19)20)28(24,25)21-9-11-5-3-4-6-13(11)26-2/h3-8,21H,9H2,1-2H3,(H,22,23). The van der Waals surface area contributed by atoms with Crippen molar-refractivity contribution in [2.75, 3.05) is 7.11 Å². The quantitative estimate of drug-likeness (QED) is 0.619. The van der Waals surface area contributed by atoms with Crippen LogP contribution in [-0.4, -0.2) is 25.7 Å². The van der Waals surface area contributed by atoms with Gasteiger partial charge in [-0.1, -0.05) is 18.2 Å². The third-order valence-corrected chi connectivity index (χ3v) is 6.67. The van der Waals surface area contributed by atoms with Gasteiger partial charge in [0.1, 0.15) is 17.1 Å². The molecule has 28 heavy (non-hydrogen) atoms. The van der Waals surface area contributed by atoms with Crippen molar-refractivity contribution in [2.45, 2.75) is 24.5 Å². The summed E-state index contributed by atoms with van der Waals surface area (Å²) in [6.45, 7) is 1.60. The number of para-hydroxylation sites is 1. The van der Waals surface area contributed by atoms with E-state index in [0.29, 0.717) is 21.1 Å². The minimum atomic E-state index is -4.55. The van der Waals surface area contributed by atoms with Gasteiger partial charge in [-0.05, 0) is 25.1 Å². The lowest BCUT2D eigenvalue weighted by molar-refractivity contribution is -0.141. The summed E-state index contributed by atoms with van der Waals surface area (Å²) in [5.74, 6) is 0.545. The van der Waals surface area contributed by atoms with Gasteiger partial charge in [-0.2, -0.15) is 18.3 Å². The van der Waals surface area contributed by atoms with Gasteiger partial charge in [0, 0.05) is 17.0 Å².